The maximum absolute atomic E-state index is 12.4. The molecule has 1 aliphatic heterocycles. The van der Waals surface area contributed by atoms with E-state index in [1.807, 2.05) is 23.1 Å². The molecule has 0 aliphatic carbocycles. The van der Waals surface area contributed by atoms with E-state index >= 15 is 0 Å². The largest absolute Gasteiger partial charge is 0.439 e. The SMILES string of the molecule is O=C(NCCOCCO)c1ccc(N2CCC(c3oc(=O)nc4ccccc34)CC2)c([N+](=O)[O-])c1. The van der Waals surface area contributed by atoms with E-state index in [1.54, 1.807) is 18.2 Å². The number of aliphatic hydroxyl groups is 1. The molecule has 0 atom stereocenters. The van der Waals surface area contributed by atoms with Gasteiger partial charge in [0.1, 0.15) is 11.4 Å². The van der Waals surface area contributed by atoms with E-state index in [-0.39, 0.29) is 43.5 Å². The quantitative estimate of drug-likeness (QED) is 0.266. The zero-order valence-electron chi connectivity index (χ0n) is 19.0. The second kappa shape index (κ2) is 11.1. The molecule has 0 unspecified atom stereocenters. The lowest BCUT2D eigenvalue weighted by atomic mass is 9.91. The molecule has 1 fully saturated rings. The Morgan fingerprint density at radius 1 is 1.23 bits per heavy atom. The number of nitrogens with one attached hydrogen (secondary N) is 1. The van der Waals surface area contributed by atoms with Crippen LogP contribution in [-0.4, -0.2) is 60.4 Å². The average Bonchev–Trinajstić information content (AvgIpc) is 2.87. The Hall–Kier alpha value is -3.83. The third-order valence-corrected chi connectivity index (χ3v) is 5.99. The van der Waals surface area contributed by atoms with E-state index in [0.29, 0.717) is 42.9 Å². The number of rotatable bonds is 9. The number of carbonyl (C=O) groups is 1. The van der Waals surface area contributed by atoms with Gasteiger partial charge in [-0.2, -0.15) is 4.98 Å². The summed E-state index contributed by atoms with van der Waals surface area (Å²) in [7, 11) is 0. The topological polar surface area (TPSA) is 148 Å². The normalized spacial score (nSPS) is 14.3. The van der Waals surface area contributed by atoms with Crippen LogP contribution in [-0.2, 0) is 4.74 Å². The molecule has 3 aromatic rings. The van der Waals surface area contributed by atoms with Crippen molar-refractivity contribution >= 4 is 28.2 Å². The minimum absolute atomic E-state index is 0.0102. The first-order valence-corrected chi connectivity index (χ1v) is 11.4. The highest BCUT2D eigenvalue weighted by atomic mass is 16.6. The Morgan fingerprint density at radius 2 is 2.00 bits per heavy atom. The minimum atomic E-state index is -0.634. The van der Waals surface area contributed by atoms with Gasteiger partial charge in [0.25, 0.3) is 11.6 Å². The van der Waals surface area contributed by atoms with Crippen molar-refractivity contribution < 1.29 is 24.0 Å². The van der Waals surface area contributed by atoms with Gasteiger partial charge < -0.3 is 24.5 Å². The van der Waals surface area contributed by atoms with Crippen LogP contribution in [0.25, 0.3) is 10.9 Å². The van der Waals surface area contributed by atoms with Gasteiger partial charge in [0.15, 0.2) is 0 Å². The van der Waals surface area contributed by atoms with Gasteiger partial charge in [-0.25, -0.2) is 4.79 Å². The Morgan fingerprint density at radius 3 is 2.74 bits per heavy atom. The summed E-state index contributed by atoms with van der Waals surface area (Å²) in [5.74, 6) is -0.482. The Kier molecular flexibility index (Phi) is 7.68. The summed E-state index contributed by atoms with van der Waals surface area (Å²) in [6.07, 6.45) is 1.29. The monoisotopic (exact) mass is 482 g/mol. The third-order valence-electron chi connectivity index (χ3n) is 5.99. The highest BCUT2D eigenvalue weighted by Crippen LogP contribution is 2.36. The number of aromatic nitrogens is 1. The summed E-state index contributed by atoms with van der Waals surface area (Å²) in [4.78, 5) is 41.5. The summed E-state index contributed by atoms with van der Waals surface area (Å²) in [5.41, 5.74) is 1.07. The van der Waals surface area contributed by atoms with E-state index in [0.717, 1.165) is 5.39 Å². The maximum atomic E-state index is 12.4. The lowest BCUT2D eigenvalue weighted by Gasteiger charge is -2.33. The van der Waals surface area contributed by atoms with Crippen LogP contribution in [0.2, 0.25) is 0 Å². The zero-order chi connectivity index (χ0) is 24.8. The van der Waals surface area contributed by atoms with Gasteiger partial charge in [0.05, 0.1) is 30.3 Å². The highest BCUT2D eigenvalue weighted by Gasteiger charge is 2.29. The van der Waals surface area contributed by atoms with E-state index in [9.17, 15) is 19.7 Å². The molecule has 1 amide bonds. The fourth-order valence-corrected chi connectivity index (χ4v) is 4.32. The molecule has 1 aliphatic rings. The van der Waals surface area contributed by atoms with E-state index < -0.39 is 16.6 Å². The van der Waals surface area contributed by atoms with Gasteiger partial charge in [-0.15, -0.1) is 0 Å². The number of carbonyl (C=O) groups excluding carboxylic acids is 1. The van der Waals surface area contributed by atoms with Crippen LogP contribution in [0.3, 0.4) is 0 Å². The van der Waals surface area contributed by atoms with Crippen LogP contribution in [0.5, 0.6) is 0 Å². The van der Waals surface area contributed by atoms with Gasteiger partial charge in [0, 0.05) is 42.6 Å². The number of ether oxygens (including phenoxy) is 1. The van der Waals surface area contributed by atoms with Crippen LogP contribution < -0.4 is 16.0 Å². The van der Waals surface area contributed by atoms with E-state index in [4.69, 9.17) is 14.3 Å². The van der Waals surface area contributed by atoms with Crippen LogP contribution in [0.1, 0.15) is 34.9 Å². The molecule has 0 bridgehead atoms. The van der Waals surface area contributed by atoms with Crippen LogP contribution in [0.4, 0.5) is 11.4 Å². The van der Waals surface area contributed by atoms with Gasteiger partial charge in [-0.3, -0.25) is 14.9 Å². The molecule has 1 saturated heterocycles. The molecule has 0 saturated carbocycles. The lowest BCUT2D eigenvalue weighted by Crippen LogP contribution is -2.34. The summed E-state index contributed by atoms with van der Waals surface area (Å²) in [5, 5.41) is 23.9. The predicted octanol–water partition coefficient (Wildman–Crippen LogP) is 2.22. The molecule has 35 heavy (non-hydrogen) atoms. The second-order valence-electron chi connectivity index (χ2n) is 8.17. The number of nitrogens with zero attached hydrogens (tertiary/aromatic N) is 3. The molecule has 2 aromatic carbocycles. The summed E-state index contributed by atoms with van der Waals surface area (Å²) < 4.78 is 10.6. The number of aliphatic hydroxyl groups excluding tert-OH is 1. The van der Waals surface area contributed by atoms with Crippen molar-refractivity contribution in [3.8, 4) is 0 Å². The second-order valence-corrected chi connectivity index (χ2v) is 8.17. The smallest absolute Gasteiger partial charge is 0.412 e. The number of nitro groups is 1. The molecule has 1 aromatic heterocycles. The predicted molar refractivity (Wildman–Crippen MR) is 128 cm³/mol. The fourth-order valence-electron chi connectivity index (χ4n) is 4.32. The first kappa shape index (κ1) is 24.3. The van der Waals surface area contributed by atoms with Crippen molar-refractivity contribution in [1.82, 2.24) is 10.3 Å². The van der Waals surface area contributed by atoms with Gasteiger partial charge in [0.2, 0.25) is 0 Å². The standard InChI is InChI=1S/C24H26N4O7/c29-12-14-34-13-9-25-23(30)17-5-6-20(21(15-17)28(32)33)27-10-7-16(8-11-27)22-18-3-1-2-4-19(18)26-24(31)35-22/h1-6,15-16,29H,7-14H2,(H,25,30). The Bertz CT molecular complexity index is 1270. The number of para-hydroxylation sites is 1. The van der Waals surface area contributed by atoms with Crippen molar-refractivity contribution in [3.63, 3.8) is 0 Å². The summed E-state index contributed by atoms with van der Waals surface area (Å²) in [6.45, 7) is 1.58. The molecule has 2 N–H and O–H groups in total. The summed E-state index contributed by atoms with van der Waals surface area (Å²) >= 11 is 0. The van der Waals surface area contributed by atoms with E-state index in [1.165, 1.54) is 6.07 Å². The zero-order valence-corrected chi connectivity index (χ0v) is 19.0. The van der Waals surface area contributed by atoms with Crippen LogP contribution in [0, 0.1) is 10.1 Å². The number of hydrogen-bond acceptors (Lipinski definition) is 9. The first-order chi connectivity index (χ1) is 17.0. The van der Waals surface area contributed by atoms with Crippen LogP contribution >= 0.6 is 0 Å². The number of piperidine rings is 1. The molecule has 11 nitrogen and oxygen atoms in total. The molecular weight excluding hydrogens is 456 g/mol. The third kappa shape index (κ3) is 5.64. The molecule has 2 heterocycles. The van der Waals surface area contributed by atoms with Crippen molar-refractivity contribution in [2.75, 3.05) is 44.4 Å². The fraction of sp³-hybridized carbons (Fsp3) is 0.375. The van der Waals surface area contributed by atoms with Gasteiger partial charge >= 0.3 is 5.76 Å². The molecule has 4 rings (SSSR count). The van der Waals surface area contributed by atoms with Crippen molar-refractivity contribution in [1.29, 1.82) is 0 Å². The molecular formula is C24H26N4O7. The first-order valence-electron chi connectivity index (χ1n) is 11.4. The molecule has 0 radical (unpaired) electrons. The van der Waals surface area contributed by atoms with E-state index in [2.05, 4.69) is 10.3 Å². The number of amides is 1. The number of hydrogen-bond donors (Lipinski definition) is 2. The number of nitro benzene ring substituents is 1. The van der Waals surface area contributed by atoms with Crippen molar-refractivity contribution in [3.05, 3.63) is 74.5 Å². The minimum Gasteiger partial charge on any atom is -0.412 e. The van der Waals surface area contributed by atoms with Gasteiger partial charge in [-0.05, 0) is 37.1 Å². The van der Waals surface area contributed by atoms with Crippen molar-refractivity contribution in [2.24, 2.45) is 0 Å². The number of benzene rings is 2. The maximum Gasteiger partial charge on any atom is 0.439 e. The highest BCUT2D eigenvalue weighted by molar-refractivity contribution is 5.95. The van der Waals surface area contributed by atoms with Gasteiger partial charge in [-0.1, -0.05) is 12.1 Å². The molecule has 0 spiro atoms. The lowest BCUT2D eigenvalue weighted by molar-refractivity contribution is -0.384. The Labute approximate surface area is 200 Å². The Balaban J connectivity index is 1.46. The molecule has 184 valence electrons. The van der Waals surface area contributed by atoms with Crippen LogP contribution in [0.15, 0.2) is 51.7 Å². The number of anilines is 1. The van der Waals surface area contributed by atoms with Crippen molar-refractivity contribution in [2.45, 2.75) is 18.8 Å². The molecule has 11 heteroatoms. The number of fused-ring (bicyclic) bond motifs is 1. The average molecular weight is 482 g/mol. The summed E-state index contributed by atoms with van der Waals surface area (Å²) in [6, 6.07) is 11.8.